The molecule has 1 heterocycles. The van der Waals surface area contributed by atoms with Gasteiger partial charge in [-0.05, 0) is 64.6 Å². The largest absolute Gasteiger partial charge is 0.462 e. The van der Waals surface area contributed by atoms with Crippen LogP contribution in [0.3, 0.4) is 0 Å². The maximum Gasteiger partial charge on any atom is 0.306 e. The molecule has 1 rings (SSSR count). The summed E-state index contributed by atoms with van der Waals surface area (Å²) in [5.41, 5.74) is 0. The number of rotatable bonds is 16. The van der Waals surface area contributed by atoms with E-state index in [2.05, 4.69) is 25.8 Å². The second kappa shape index (κ2) is 16.4. The van der Waals surface area contributed by atoms with Crippen molar-refractivity contribution in [2.75, 3.05) is 20.1 Å². The fourth-order valence-corrected chi connectivity index (χ4v) is 4.12. The lowest BCUT2D eigenvalue weighted by atomic mass is 9.92. The smallest absolute Gasteiger partial charge is 0.306 e. The quantitative estimate of drug-likeness (QED) is 0.219. The van der Waals surface area contributed by atoms with Crippen LogP contribution in [0.2, 0.25) is 0 Å². The minimum atomic E-state index is 0.0351. The molecule has 0 spiro atoms. The lowest BCUT2D eigenvalue weighted by Gasteiger charge is -2.28. The number of piperidine rings is 1. The van der Waals surface area contributed by atoms with Crippen LogP contribution in [0.15, 0.2) is 0 Å². The van der Waals surface area contributed by atoms with Crippen molar-refractivity contribution in [2.45, 2.75) is 123 Å². The zero-order valence-corrected chi connectivity index (χ0v) is 18.6. The third kappa shape index (κ3) is 13.3. The van der Waals surface area contributed by atoms with Gasteiger partial charge >= 0.3 is 5.97 Å². The Balaban J connectivity index is 1.98. The summed E-state index contributed by atoms with van der Waals surface area (Å²) < 4.78 is 5.75. The molecule has 1 atom stereocenters. The fourth-order valence-electron chi connectivity index (χ4n) is 4.12. The zero-order chi connectivity index (χ0) is 19.7. The van der Waals surface area contributed by atoms with Crippen molar-refractivity contribution < 1.29 is 9.53 Å². The van der Waals surface area contributed by atoms with Crippen molar-refractivity contribution in [3.8, 4) is 0 Å². The molecule has 1 aliphatic heterocycles. The molecule has 1 unspecified atom stereocenters. The maximum absolute atomic E-state index is 12.2. The summed E-state index contributed by atoms with van der Waals surface area (Å²) in [5, 5.41) is 0. The Hall–Kier alpha value is -0.570. The highest BCUT2D eigenvalue weighted by atomic mass is 16.5. The summed E-state index contributed by atoms with van der Waals surface area (Å²) >= 11 is 0. The molecular formula is C24H47NO2. The van der Waals surface area contributed by atoms with E-state index in [1.807, 2.05) is 0 Å². The Morgan fingerprint density at radius 2 is 1.48 bits per heavy atom. The van der Waals surface area contributed by atoms with E-state index in [0.29, 0.717) is 6.42 Å². The topological polar surface area (TPSA) is 29.5 Å². The first kappa shape index (κ1) is 24.5. The summed E-state index contributed by atoms with van der Waals surface area (Å²) in [5.74, 6) is 0.753. The summed E-state index contributed by atoms with van der Waals surface area (Å²) in [4.78, 5) is 14.6. The second-order valence-electron chi connectivity index (χ2n) is 8.78. The monoisotopic (exact) mass is 381 g/mol. The second-order valence-corrected chi connectivity index (χ2v) is 8.78. The molecule has 1 fully saturated rings. The van der Waals surface area contributed by atoms with E-state index in [0.717, 1.165) is 25.2 Å². The van der Waals surface area contributed by atoms with Crippen LogP contribution >= 0.6 is 0 Å². The highest BCUT2D eigenvalue weighted by Gasteiger charge is 2.19. The van der Waals surface area contributed by atoms with Gasteiger partial charge in [0, 0.05) is 6.42 Å². The predicted octanol–water partition coefficient (Wildman–Crippen LogP) is 6.74. The molecule has 0 bridgehead atoms. The Bertz CT molecular complexity index is 350. The van der Waals surface area contributed by atoms with E-state index in [1.54, 1.807) is 0 Å². The highest BCUT2D eigenvalue weighted by Crippen LogP contribution is 2.22. The van der Waals surface area contributed by atoms with Crippen LogP contribution in [0.5, 0.6) is 0 Å². The van der Waals surface area contributed by atoms with Gasteiger partial charge in [0.2, 0.25) is 0 Å². The van der Waals surface area contributed by atoms with Crippen LogP contribution in [0, 0.1) is 5.92 Å². The summed E-state index contributed by atoms with van der Waals surface area (Å²) in [7, 11) is 2.18. The van der Waals surface area contributed by atoms with Crippen molar-refractivity contribution in [3.05, 3.63) is 0 Å². The molecule has 27 heavy (non-hydrogen) atoms. The molecule has 1 saturated heterocycles. The number of hydrogen-bond acceptors (Lipinski definition) is 3. The van der Waals surface area contributed by atoms with Crippen molar-refractivity contribution in [1.82, 2.24) is 4.90 Å². The van der Waals surface area contributed by atoms with E-state index in [4.69, 9.17) is 4.74 Å². The van der Waals surface area contributed by atoms with Gasteiger partial charge in [0.05, 0.1) is 0 Å². The molecule has 0 aromatic rings. The number of nitrogens with zero attached hydrogens (tertiary/aromatic N) is 1. The SMILES string of the molecule is CCCCCCCCCCCCC(CC)OC(=O)CCC1CCN(C)CC1. The first-order chi connectivity index (χ1) is 13.2. The minimum Gasteiger partial charge on any atom is -0.462 e. The van der Waals surface area contributed by atoms with Gasteiger partial charge < -0.3 is 9.64 Å². The average Bonchev–Trinajstić information content (AvgIpc) is 2.68. The minimum absolute atomic E-state index is 0.0351. The van der Waals surface area contributed by atoms with E-state index in [-0.39, 0.29) is 12.1 Å². The van der Waals surface area contributed by atoms with Crippen molar-refractivity contribution in [2.24, 2.45) is 5.92 Å². The third-order valence-corrected chi connectivity index (χ3v) is 6.23. The standard InChI is InChI=1S/C24H47NO2/c1-4-6-7-8-9-10-11-12-13-14-15-23(5-2)27-24(26)17-16-22-18-20-25(3)21-19-22/h22-23H,4-21H2,1-3H3. The number of unbranched alkanes of at least 4 members (excludes halogenated alkanes) is 9. The molecule has 0 aliphatic carbocycles. The molecule has 1 aliphatic rings. The van der Waals surface area contributed by atoms with Crippen molar-refractivity contribution in [3.63, 3.8) is 0 Å². The summed E-state index contributed by atoms with van der Waals surface area (Å²) in [6.07, 6.45) is 19.8. The third-order valence-electron chi connectivity index (χ3n) is 6.23. The lowest BCUT2D eigenvalue weighted by molar-refractivity contribution is -0.150. The first-order valence-corrected chi connectivity index (χ1v) is 12.0. The molecule has 0 N–H and O–H groups in total. The molecule has 0 aromatic heterocycles. The predicted molar refractivity (Wildman–Crippen MR) is 116 cm³/mol. The van der Waals surface area contributed by atoms with Gasteiger partial charge in [-0.15, -0.1) is 0 Å². The normalized spacial score (nSPS) is 17.1. The van der Waals surface area contributed by atoms with Crippen LogP contribution in [0.1, 0.15) is 117 Å². The van der Waals surface area contributed by atoms with Crippen LogP contribution < -0.4 is 0 Å². The van der Waals surface area contributed by atoms with Gasteiger partial charge in [-0.3, -0.25) is 4.79 Å². The average molecular weight is 382 g/mol. The van der Waals surface area contributed by atoms with Crippen LogP contribution in [-0.2, 0) is 9.53 Å². The Labute approximate surface area is 169 Å². The van der Waals surface area contributed by atoms with E-state index < -0.39 is 0 Å². The van der Waals surface area contributed by atoms with Gasteiger partial charge in [-0.1, -0.05) is 71.6 Å². The van der Waals surface area contributed by atoms with Crippen LogP contribution in [-0.4, -0.2) is 37.1 Å². The van der Waals surface area contributed by atoms with Gasteiger partial charge in [0.1, 0.15) is 6.10 Å². The number of carbonyl (C=O) groups is 1. The van der Waals surface area contributed by atoms with Gasteiger partial charge in [0.25, 0.3) is 0 Å². The molecular weight excluding hydrogens is 334 g/mol. The molecule has 3 nitrogen and oxygen atoms in total. The molecule has 160 valence electrons. The van der Waals surface area contributed by atoms with Crippen LogP contribution in [0.4, 0.5) is 0 Å². The van der Waals surface area contributed by atoms with E-state index >= 15 is 0 Å². The fraction of sp³-hybridized carbons (Fsp3) is 0.958. The molecule has 0 amide bonds. The van der Waals surface area contributed by atoms with E-state index in [1.165, 1.54) is 90.1 Å². The number of hydrogen-bond donors (Lipinski definition) is 0. The van der Waals surface area contributed by atoms with Gasteiger partial charge in [-0.2, -0.15) is 0 Å². The number of likely N-dealkylation sites (tertiary alicyclic amines) is 1. The van der Waals surface area contributed by atoms with Crippen molar-refractivity contribution in [1.29, 1.82) is 0 Å². The lowest BCUT2D eigenvalue weighted by Crippen LogP contribution is -2.30. The summed E-state index contributed by atoms with van der Waals surface area (Å²) in [6.45, 7) is 6.77. The van der Waals surface area contributed by atoms with E-state index in [9.17, 15) is 4.79 Å². The first-order valence-electron chi connectivity index (χ1n) is 12.0. The highest BCUT2D eigenvalue weighted by molar-refractivity contribution is 5.69. The van der Waals surface area contributed by atoms with Crippen LogP contribution in [0.25, 0.3) is 0 Å². The number of ether oxygens (including phenoxy) is 1. The molecule has 0 aromatic carbocycles. The zero-order valence-electron chi connectivity index (χ0n) is 18.6. The molecule has 3 heteroatoms. The van der Waals surface area contributed by atoms with Gasteiger partial charge in [-0.25, -0.2) is 0 Å². The Morgan fingerprint density at radius 1 is 0.926 bits per heavy atom. The number of carbonyl (C=O) groups excluding carboxylic acids is 1. The van der Waals surface area contributed by atoms with Gasteiger partial charge in [0.15, 0.2) is 0 Å². The molecule has 0 radical (unpaired) electrons. The maximum atomic E-state index is 12.2. The number of esters is 1. The Morgan fingerprint density at radius 3 is 2.04 bits per heavy atom. The summed E-state index contributed by atoms with van der Waals surface area (Å²) in [6, 6.07) is 0. The molecule has 0 saturated carbocycles. The van der Waals surface area contributed by atoms with Crippen molar-refractivity contribution >= 4 is 5.97 Å². The Kier molecular flexibility index (Phi) is 14.9.